The molecule has 24 heavy (non-hydrogen) atoms. The first-order chi connectivity index (χ1) is 11.6. The zero-order valence-corrected chi connectivity index (χ0v) is 13.7. The number of anilines is 1. The van der Waals surface area contributed by atoms with Crippen LogP contribution in [-0.4, -0.2) is 16.7 Å². The van der Waals surface area contributed by atoms with Crippen LogP contribution in [0.4, 0.5) is 5.13 Å². The second-order valence-corrected chi connectivity index (χ2v) is 5.96. The Morgan fingerprint density at radius 3 is 2.62 bits per heavy atom. The standard InChI is InChI=1S/C18H14N2O3S/c1-12(21)17-16(13-6-3-2-4-7-13)20-18(24-17)19-15(22)10-9-14-8-5-11-23-14/h2-11H,1H3,(H,19,20,22)/b10-9+. The minimum Gasteiger partial charge on any atom is -0.465 e. The zero-order valence-electron chi connectivity index (χ0n) is 12.9. The van der Waals surface area contributed by atoms with E-state index in [1.807, 2.05) is 30.3 Å². The smallest absolute Gasteiger partial charge is 0.250 e. The highest BCUT2D eigenvalue weighted by atomic mass is 32.1. The van der Waals surface area contributed by atoms with Gasteiger partial charge in [-0.25, -0.2) is 4.98 Å². The summed E-state index contributed by atoms with van der Waals surface area (Å²) in [5.74, 6) is 0.159. The normalized spacial score (nSPS) is 10.9. The van der Waals surface area contributed by atoms with Crippen LogP contribution in [0.15, 0.2) is 59.2 Å². The number of amides is 1. The number of furan rings is 1. The molecule has 0 saturated carbocycles. The van der Waals surface area contributed by atoms with E-state index >= 15 is 0 Å². The first-order valence-corrected chi connectivity index (χ1v) is 8.05. The van der Waals surface area contributed by atoms with Crippen molar-refractivity contribution in [2.45, 2.75) is 6.92 Å². The number of rotatable bonds is 5. The summed E-state index contributed by atoms with van der Waals surface area (Å²) in [6, 6.07) is 12.9. The monoisotopic (exact) mass is 338 g/mol. The van der Waals surface area contributed by atoms with E-state index in [0.29, 0.717) is 21.5 Å². The van der Waals surface area contributed by atoms with E-state index in [0.717, 1.165) is 16.9 Å². The Morgan fingerprint density at radius 2 is 1.96 bits per heavy atom. The Kier molecular flexibility index (Phi) is 4.67. The fourth-order valence-electron chi connectivity index (χ4n) is 2.09. The van der Waals surface area contributed by atoms with E-state index in [9.17, 15) is 9.59 Å². The van der Waals surface area contributed by atoms with Gasteiger partial charge in [0.05, 0.1) is 16.8 Å². The molecule has 2 aromatic heterocycles. The van der Waals surface area contributed by atoms with Gasteiger partial charge in [0.2, 0.25) is 5.91 Å². The largest absolute Gasteiger partial charge is 0.465 e. The van der Waals surface area contributed by atoms with Crippen molar-refractivity contribution in [3.05, 3.63) is 65.4 Å². The number of ketones is 1. The Balaban J connectivity index is 1.82. The molecule has 0 spiro atoms. The second-order valence-electron chi connectivity index (χ2n) is 4.96. The number of hydrogen-bond donors (Lipinski definition) is 1. The summed E-state index contributed by atoms with van der Waals surface area (Å²) < 4.78 is 5.12. The first-order valence-electron chi connectivity index (χ1n) is 7.23. The summed E-state index contributed by atoms with van der Waals surface area (Å²) >= 11 is 1.16. The lowest BCUT2D eigenvalue weighted by molar-refractivity contribution is -0.111. The van der Waals surface area contributed by atoms with E-state index in [4.69, 9.17) is 4.42 Å². The third-order valence-corrected chi connectivity index (χ3v) is 4.24. The van der Waals surface area contributed by atoms with E-state index in [2.05, 4.69) is 10.3 Å². The number of nitrogens with one attached hydrogen (secondary N) is 1. The van der Waals surface area contributed by atoms with E-state index in [1.54, 1.807) is 18.2 Å². The van der Waals surface area contributed by atoms with Gasteiger partial charge < -0.3 is 4.42 Å². The van der Waals surface area contributed by atoms with Gasteiger partial charge in [-0.2, -0.15) is 0 Å². The Morgan fingerprint density at radius 1 is 1.17 bits per heavy atom. The maximum atomic E-state index is 12.0. The Labute approximate surface area is 142 Å². The molecule has 0 atom stereocenters. The average molecular weight is 338 g/mol. The lowest BCUT2D eigenvalue weighted by Crippen LogP contribution is -2.07. The molecule has 0 unspecified atom stereocenters. The number of nitrogens with zero attached hydrogens (tertiary/aromatic N) is 1. The van der Waals surface area contributed by atoms with Gasteiger partial charge in [-0.1, -0.05) is 41.7 Å². The topological polar surface area (TPSA) is 72.2 Å². The van der Waals surface area contributed by atoms with Gasteiger partial charge in [-0.05, 0) is 18.2 Å². The maximum Gasteiger partial charge on any atom is 0.250 e. The van der Waals surface area contributed by atoms with Crippen LogP contribution in [0.2, 0.25) is 0 Å². The molecule has 0 aliphatic rings. The second kappa shape index (κ2) is 7.06. The van der Waals surface area contributed by atoms with Crippen molar-refractivity contribution < 1.29 is 14.0 Å². The number of Topliss-reactive ketones (excluding diaryl/α,β-unsaturated/α-hetero) is 1. The molecule has 0 bridgehead atoms. The summed E-state index contributed by atoms with van der Waals surface area (Å²) in [7, 11) is 0. The number of benzene rings is 1. The van der Waals surface area contributed by atoms with Crippen LogP contribution >= 0.6 is 11.3 Å². The number of hydrogen-bond acceptors (Lipinski definition) is 5. The van der Waals surface area contributed by atoms with Crippen molar-refractivity contribution in [3.63, 3.8) is 0 Å². The fraction of sp³-hybridized carbons (Fsp3) is 0.0556. The molecule has 0 aliphatic heterocycles. The predicted molar refractivity (Wildman–Crippen MR) is 93.9 cm³/mol. The molecule has 1 aromatic carbocycles. The fourth-order valence-corrected chi connectivity index (χ4v) is 2.98. The van der Waals surface area contributed by atoms with Crippen LogP contribution in [0.5, 0.6) is 0 Å². The number of carbonyl (C=O) groups is 2. The number of thiazole rings is 1. The molecule has 1 N–H and O–H groups in total. The van der Waals surface area contributed by atoms with Gasteiger partial charge in [0.1, 0.15) is 5.76 Å². The van der Waals surface area contributed by atoms with Gasteiger partial charge in [0, 0.05) is 18.6 Å². The quantitative estimate of drug-likeness (QED) is 0.557. The van der Waals surface area contributed by atoms with E-state index < -0.39 is 0 Å². The highest BCUT2D eigenvalue weighted by molar-refractivity contribution is 7.18. The van der Waals surface area contributed by atoms with Crippen molar-refractivity contribution in [1.82, 2.24) is 4.98 Å². The van der Waals surface area contributed by atoms with Crippen LogP contribution in [0, 0.1) is 0 Å². The predicted octanol–water partition coefficient (Wildman–Crippen LogP) is 4.26. The Bertz CT molecular complexity index is 880. The van der Waals surface area contributed by atoms with Gasteiger partial charge in [-0.3, -0.25) is 14.9 Å². The van der Waals surface area contributed by atoms with E-state index in [-0.39, 0.29) is 11.7 Å². The van der Waals surface area contributed by atoms with Crippen LogP contribution in [0.25, 0.3) is 17.3 Å². The highest BCUT2D eigenvalue weighted by Crippen LogP contribution is 2.31. The van der Waals surface area contributed by atoms with Crippen molar-refractivity contribution in [1.29, 1.82) is 0 Å². The average Bonchev–Trinajstić information content (AvgIpc) is 3.23. The maximum absolute atomic E-state index is 12.0. The third-order valence-electron chi connectivity index (χ3n) is 3.17. The Hall–Kier alpha value is -2.99. The van der Waals surface area contributed by atoms with Gasteiger partial charge in [0.15, 0.2) is 10.9 Å². The SMILES string of the molecule is CC(=O)c1sc(NC(=O)/C=C/c2ccco2)nc1-c1ccccc1. The molecule has 0 radical (unpaired) electrons. The summed E-state index contributed by atoms with van der Waals surface area (Å²) in [6.07, 6.45) is 4.45. The van der Waals surface area contributed by atoms with Crippen LogP contribution in [0.1, 0.15) is 22.4 Å². The van der Waals surface area contributed by atoms with Crippen molar-refractivity contribution in [3.8, 4) is 11.3 Å². The van der Waals surface area contributed by atoms with Crippen molar-refractivity contribution >= 4 is 34.2 Å². The molecule has 6 heteroatoms. The lowest BCUT2D eigenvalue weighted by Gasteiger charge is -1.98. The summed E-state index contributed by atoms with van der Waals surface area (Å²) in [5, 5.41) is 3.06. The van der Waals surface area contributed by atoms with Gasteiger partial charge in [-0.15, -0.1) is 0 Å². The van der Waals surface area contributed by atoms with Crippen LogP contribution in [0.3, 0.4) is 0 Å². The molecular weight excluding hydrogens is 324 g/mol. The summed E-state index contributed by atoms with van der Waals surface area (Å²) in [6.45, 7) is 1.49. The zero-order chi connectivity index (χ0) is 16.9. The summed E-state index contributed by atoms with van der Waals surface area (Å²) in [5.41, 5.74) is 1.42. The third kappa shape index (κ3) is 3.67. The minimum atomic E-state index is -0.338. The van der Waals surface area contributed by atoms with Crippen molar-refractivity contribution in [2.24, 2.45) is 0 Å². The number of aromatic nitrogens is 1. The molecular formula is C18H14N2O3S. The van der Waals surface area contributed by atoms with Gasteiger partial charge >= 0.3 is 0 Å². The first kappa shape index (κ1) is 15.9. The van der Waals surface area contributed by atoms with Crippen molar-refractivity contribution in [2.75, 3.05) is 5.32 Å². The minimum absolute atomic E-state index is 0.0852. The molecule has 0 aliphatic carbocycles. The van der Waals surface area contributed by atoms with Crippen LogP contribution in [-0.2, 0) is 4.79 Å². The lowest BCUT2D eigenvalue weighted by atomic mass is 10.1. The molecule has 0 fully saturated rings. The highest BCUT2D eigenvalue weighted by Gasteiger charge is 2.17. The molecule has 2 heterocycles. The van der Waals surface area contributed by atoms with E-state index in [1.165, 1.54) is 19.3 Å². The molecule has 5 nitrogen and oxygen atoms in total. The number of carbonyl (C=O) groups excluding carboxylic acids is 2. The molecule has 3 rings (SSSR count). The molecule has 1 amide bonds. The molecule has 3 aromatic rings. The molecule has 0 saturated heterocycles. The van der Waals surface area contributed by atoms with Gasteiger partial charge in [0.25, 0.3) is 0 Å². The molecule has 120 valence electrons. The van der Waals surface area contributed by atoms with Crippen LogP contribution < -0.4 is 5.32 Å². The summed E-state index contributed by atoms with van der Waals surface area (Å²) in [4.78, 5) is 28.7.